The first kappa shape index (κ1) is 19.5. The third kappa shape index (κ3) is 4.62. The largest absolute Gasteiger partial charge is 0.493 e. The van der Waals surface area contributed by atoms with E-state index < -0.39 is 0 Å². The standard InChI is InChI=1S/C22H28N4O3/c1-28-19-5-3-4-15(21(19)29-2)12-23-18-10-11-26(14-18)20-9-6-16(13-24-20)22(27)25-17-7-8-17/h3-6,9,13,17-18,23H,7-8,10-12,14H2,1-2H3,(H,25,27)/t18-/m1/s1. The molecule has 154 valence electrons. The second-order valence-electron chi connectivity index (χ2n) is 7.62. The molecule has 2 aromatic rings. The number of nitrogens with zero attached hydrogens (tertiary/aromatic N) is 2. The Labute approximate surface area is 171 Å². The molecule has 4 rings (SSSR count). The first-order valence-corrected chi connectivity index (χ1v) is 10.1. The smallest absolute Gasteiger partial charge is 0.253 e. The Kier molecular flexibility index (Phi) is 5.85. The minimum absolute atomic E-state index is 0.0280. The number of carbonyl (C=O) groups excluding carboxylic acids is 1. The predicted molar refractivity (Wildman–Crippen MR) is 112 cm³/mol. The highest BCUT2D eigenvalue weighted by atomic mass is 16.5. The van der Waals surface area contributed by atoms with E-state index >= 15 is 0 Å². The van der Waals surface area contributed by atoms with E-state index in [9.17, 15) is 4.79 Å². The molecular weight excluding hydrogens is 368 g/mol. The van der Waals surface area contributed by atoms with Gasteiger partial charge < -0.3 is 25.0 Å². The zero-order valence-electron chi connectivity index (χ0n) is 17.0. The molecule has 0 bridgehead atoms. The molecule has 7 nitrogen and oxygen atoms in total. The molecule has 1 saturated heterocycles. The lowest BCUT2D eigenvalue weighted by molar-refractivity contribution is 0.0950. The van der Waals surface area contributed by atoms with Crippen LogP contribution >= 0.6 is 0 Å². The van der Waals surface area contributed by atoms with Crippen LogP contribution in [0.1, 0.15) is 35.2 Å². The fraction of sp³-hybridized carbons (Fsp3) is 0.455. The highest BCUT2D eigenvalue weighted by molar-refractivity contribution is 5.94. The number of para-hydroxylation sites is 1. The highest BCUT2D eigenvalue weighted by Gasteiger charge is 2.25. The monoisotopic (exact) mass is 396 g/mol. The van der Waals surface area contributed by atoms with Gasteiger partial charge in [-0.15, -0.1) is 0 Å². The van der Waals surface area contributed by atoms with Crippen LogP contribution in [0.3, 0.4) is 0 Å². The van der Waals surface area contributed by atoms with Gasteiger partial charge in [0.15, 0.2) is 11.5 Å². The van der Waals surface area contributed by atoms with E-state index in [4.69, 9.17) is 9.47 Å². The summed E-state index contributed by atoms with van der Waals surface area (Å²) in [6.45, 7) is 2.53. The van der Waals surface area contributed by atoms with E-state index in [0.717, 1.165) is 55.2 Å². The maximum Gasteiger partial charge on any atom is 0.253 e. The quantitative estimate of drug-likeness (QED) is 0.714. The van der Waals surface area contributed by atoms with Crippen LogP contribution in [0.5, 0.6) is 11.5 Å². The van der Waals surface area contributed by atoms with Gasteiger partial charge in [0, 0.05) is 43.5 Å². The molecule has 1 aliphatic heterocycles. The van der Waals surface area contributed by atoms with Gasteiger partial charge in [0.2, 0.25) is 0 Å². The lowest BCUT2D eigenvalue weighted by Crippen LogP contribution is -2.32. The number of methoxy groups -OCH3 is 2. The molecule has 1 aliphatic carbocycles. The molecule has 0 radical (unpaired) electrons. The Morgan fingerprint density at radius 1 is 1.14 bits per heavy atom. The van der Waals surface area contributed by atoms with Crippen molar-refractivity contribution in [2.24, 2.45) is 0 Å². The number of aromatic nitrogens is 1. The van der Waals surface area contributed by atoms with E-state index in [2.05, 4.69) is 20.5 Å². The molecule has 1 atom stereocenters. The lowest BCUT2D eigenvalue weighted by atomic mass is 10.1. The number of anilines is 1. The van der Waals surface area contributed by atoms with Gasteiger partial charge in [-0.25, -0.2) is 4.98 Å². The molecule has 1 amide bonds. The summed E-state index contributed by atoms with van der Waals surface area (Å²) in [5.74, 6) is 2.41. The Bertz CT molecular complexity index is 852. The number of hydrogen-bond donors (Lipinski definition) is 2. The summed E-state index contributed by atoms with van der Waals surface area (Å²) in [5, 5.41) is 6.61. The number of nitrogens with one attached hydrogen (secondary N) is 2. The third-order valence-corrected chi connectivity index (χ3v) is 5.50. The molecular formula is C22H28N4O3. The van der Waals surface area contributed by atoms with Crippen molar-refractivity contribution in [3.63, 3.8) is 0 Å². The molecule has 0 unspecified atom stereocenters. The Morgan fingerprint density at radius 2 is 2.00 bits per heavy atom. The zero-order valence-corrected chi connectivity index (χ0v) is 17.0. The third-order valence-electron chi connectivity index (χ3n) is 5.50. The van der Waals surface area contributed by atoms with Gasteiger partial charge in [-0.05, 0) is 37.5 Å². The molecule has 1 aromatic heterocycles. The second-order valence-corrected chi connectivity index (χ2v) is 7.62. The number of carbonyl (C=O) groups is 1. The van der Waals surface area contributed by atoms with Crippen molar-refractivity contribution in [2.75, 3.05) is 32.2 Å². The second kappa shape index (κ2) is 8.69. The lowest BCUT2D eigenvalue weighted by Gasteiger charge is -2.19. The Balaban J connectivity index is 1.32. The summed E-state index contributed by atoms with van der Waals surface area (Å²) in [6, 6.07) is 10.5. The molecule has 1 saturated carbocycles. The topological polar surface area (TPSA) is 75.7 Å². The zero-order chi connectivity index (χ0) is 20.2. The van der Waals surface area contributed by atoms with Gasteiger partial charge in [-0.3, -0.25) is 4.79 Å². The molecule has 2 N–H and O–H groups in total. The van der Waals surface area contributed by atoms with Crippen molar-refractivity contribution in [3.05, 3.63) is 47.7 Å². The molecule has 2 aliphatic rings. The summed E-state index contributed by atoms with van der Waals surface area (Å²) >= 11 is 0. The fourth-order valence-electron chi connectivity index (χ4n) is 3.69. The van der Waals surface area contributed by atoms with E-state index in [1.807, 2.05) is 30.3 Å². The number of hydrogen-bond acceptors (Lipinski definition) is 6. The van der Waals surface area contributed by atoms with Crippen LogP contribution in [0.25, 0.3) is 0 Å². The minimum atomic E-state index is -0.0280. The van der Waals surface area contributed by atoms with Gasteiger partial charge in [-0.1, -0.05) is 12.1 Å². The fourth-order valence-corrected chi connectivity index (χ4v) is 3.69. The van der Waals surface area contributed by atoms with Gasteiger partial charge in [0.25, 0.3) is 5.91 Å². The molecule has 1 aromatic carbocycles. The van der Waals surface area contributed by atoms with Crippen molar-refractivity contribution in [3.8, 4) is 11.5 Å². The van der Waals surface area contributed by atoms with Crippen molar-refractivity contribution < 1.29 is 14.3 Å². The van der Waals surface area contributed by atoms with Crippen LogP contribution in [-0.2, 0) is 6.54 Å². The molecule has 2 heterocycles. The van der Waals surface area contributed by atoms with E-state index in [-0.39, 0.29) is 5.91 Å². The number of ether oxygens (including phenoxy) is 2. The van der Waals surface area contributed by atoms with Gasteiger partial charge in [0.1, 0.15) is 5.82 Å². The normalized spacial score (nSPS) is 18.6. The predicted octanol–water partition coefficient (Wildman–Crippen LogP) is 2.36. The first-order valence-electron chi connectivity index (χ1n) is 10.1. The number of pyridine rings is 1. The molecule has 2 fully saturated rings. The van der Waals surface area contributed by atoms with Crippen LogP contribution in [0, 0.1) is 0 Å². The Hall–Kier alpha value is -2.80. The number of amides is 1. The highest BCUT2D eigenvalue weighted by Crippen LogP contribution is 2.30. The van der Waals surface area contributed by atoms with Crippen LogP contribution < -0.4 is 25.0 Å². The van der Waals surface area contributed by atoms with Gasteiger partial charge in [-0.2, -0.15) is 0 Å². The number of benzene rings is 1. The van der Waals surface area contributed by atoms with Crippen LogP contribution in [0.2, 0.25) is 0 Å². The average molecular weight is 396 g/mol. The molecule has 0 spiro atoms. The van der Waals surface area contributed by atoms with Crippen molar-refractivity contribution in [1.82, 2.24) is 15.6 Å². The van der Waals surface area contributed by atoms with Crippen LogP contribution in [-0.4, -0.2) is 50.3 Å². The van der Waals surface area contributed by atoms with Crippen LogP contribution in [0.15, 0.2) is 36.5 Å². The van der Waals surface area contributed by atoms with Crippen molar-refractivity contribution in [1.29, 1.82) is 0 Å². The summed E-state index contributed by atoms with van der Waals surface area (Å²) in [5.41, 5.74) is 1.70. The maximum absolute atomic E-state index is 12.1. The minimum Gasteiger partial charge on any atom is -0.493 e. The maximum atomic E-state index is 12.1. The molecule has 7 heteroatoms. The summed E-state index contributed by atoms with van der Waals surface area (Å²) in [7, 11) is 3.32. The van der Waals surface area contributed by atoms with Gasteiger partial charge in [0.05, 0.1) is 19.8 Å². The van der Waals surface area contributed by atoms with Crippen molar-refractivity contribution in [2.45, 2.75) is 37.9 Å². The van der Waals surface area contributed by atoms with E-state index in [1.54, 1.807) is 20.4 Å². The number of rotatable bonds is 8. The SMILES string of the molecule is COc1cccc(CN[C@@H]2CCN(c3ccc(C(=O)NC4CC4)cn3)C2)c1OC. The Morgan fingerprint density at radius 3 is 2.69 bits per heavy atom. The van der Waals surface area contributed by atoms with Crippen molar-refractivity contribution >= 4 is 11.7 Å². The average Bonchev–Trinajstić information content (AvgIpc) is 3.45. The van der Waals surface area contributed by atoms with Crippen LogP contribution in [0.4, 0.5) is 5.82 Å². The van der Waals surface area contributed by atoms with E-state index in [1.165, 1.54) is 0 Å². The summed E-state index contributed by atoms with van der Waals surface area (Å²) in [6.07, 6.45) is 4.88. The van der Waals surface area contributed by atoms with Gasteiger partial charge >= 0.3 is 0 Å². The van der Waals surface area contributed by atoms with E-state index in [0.29, 0.717) is 24.2 Å². The summed E-state index contributed by atoms with van der Waals surface area (Å²) < 4.78 is 10.9. The summed E-state index contributed by atoms with van der Waals surface area (Å²) in [4.78, 5) is 18.9. The first-order chi connectivity index (χ1) is 14.2. The molecule has 29 heavy (non-hydrogen) atoms.